The van der Waals surface area contributed by atoms with Crippen LogP contribution in [0.5, 0.6) is 0 Å². The molecule has 0 amide bonds. The Morgan fingerprint density at radius 2 is 1.85 bits per heavy atom. The van der Waals surface area contributed by atoms with Gasteiger partial charge in [-0.15, -0.1) is 11.3 Å². The fourth-order valence-corrected chi connectivity index (χ4v) is 3.39. The van der Waals surface area contributed by atoms with E-state index in [4.69, 9.17) is 5.73 Å². The van der Waals surface area contributed by atoms with E-state index in [2.05, 4.69) is 55.1 Å². The van der Waals surface area contributed by atoms with E-state index in [1.54, 1.807) is 0 Å². The number of hydrogen-bond donors (Lipinski definition) is 1. The van der Waals surface area contributed by atoms with Crippen molar-refractivity contribution in [1.82, 2.24) is 4.90 Å². The first kappa shape index (κ1) is 15.2. The van der Waals surface area contributed by atoms with E-state index in [0.717, 1.165) is 32.6 Å². The highest BCUT2D eigenvalue weighted by molar-refractivity contribution is 7.12. The summed E-state index contributed by atoms with van der Waals surface area (Å²) >= 11 is 1.89. The van der Waals surface area contributed by atoms with Crippen LogP contribution in [0, 0.1) is 13.8 Å². The molecule has 0 unspecified atom stereocenters. The number of aryl methyl sites for hydroxylation is 2. The molecule has 3 heteroatoms. The van der Waals surface area contributed by atoms with Gasteiger partial charge < -0.3 is 5.73 Å². The fourth-order valence-electron chi connectivity index (χ4n) is 2.45. The number of benzene rings is 1. The Morgan fingerprint density at radius 1 is 1.10 bits per heavy atom. The molecule has 0 fully saturated rings. The van der Waals surface area contributed by atoms with Crippen LogP contribution in [0.25, 0.3) is 0 Å². The van der Waals surface area contributed by atoms with Crippen LogP contribution in [0.1, 0.15) is 27.3 Å². The average molecular weight is 288 g/mol. The van der Waals surface area contributed by atoms with E-state index in [9.17, 15) is 0 Å². The molecule has 0 aliphatic heterocycles. The third kappa shape index (κ3) is 4.44. The predicted molar refractivity (Wildman–Crippen MR) is 88.0 cm³/mol. The molecule has 2 nitrogen and oxygen atoms in total. The van der Waals surface area contributed by atoms with Crippen LogP contribution in [-0.2, 0) is 13.1 Å². The zero-order valence-electron chi connectivity index (χ0n) is 12.4. The van der Waals surface area contributed by atoms with Crippen LogP contribution in [0.2, 0.25) is 0 Å². The van der Waals surface area contributed by atoms with Crippen LogP contribution in [-0.4, -0.2) is 18.0 Å². The highest BCUT2D eigenvalue weighted by atomic mass is 32.1. The topological polar surface area (TPSA) is 29.3 Å². The number of nitrogens with two attached hydrogens (primary N) is 1. The molecular formula is C17H24N2S. The van der Waals surface area contributed by atoms with Crippen molar-refractivity contribution in [2.45, 2.75) is 33.4 Å². The molecule has 1 aromatic heterocycles. The molecule has 0 bridgehead atoms. The summed E-state index contributed by atoms with van der Waals surface area (Å²) in [7, 11) is 0. The fraction of sp³-hybridized carbons (Fsp3) is 0.412. The first-order chi connectivity index (χ1) is 9.69. The van der Waals surface area contributed by atoms with Gasteiger partial charge >= 0.3 is 0 Å². The van der Waals surface area contributed by atoms with Gasteiger partial charge in [0.15, 0.2) is 0 Å². The predicted octanol–water partition coefficient (Wildman–Crippen LogP) is 3.72. The van der Waals surface area contributed by atoms with E-state index in [1.807, 2.05) is 11.3 Å². The third-order valence-electron chi connectivity index (χ3n) is 3.47. The maximum Gasteiger partial charge on any atom is 0.0248 e. The summed E-state index contributed by atoms with van der Waals surface area (Å²) < 4.78 is 0. The number of thiophene rings is 1. The van der Waals surface area contributed by atoms with Gasteiger partial charge in [-0.3, -0.25) is 4.90 Å². The zero-order valence-corrected chi connectivity index (χ0v) is 13.2. The normalized spacial score (nSPS) is 11.2. The molecular weight excluding hydrogens is 264 g/mol. The molecule has 0 aliphatic rings. The Morgan fingerprint density at radius 3 is 2.45 bits per heavy atom. The highest BCUT2D eigenvalue weighted by Gasteiger charge is 2.10. The van der Waals surface area contributed by atoms with Crippen LogP contribution >= 0.6 is 11.3 Å². The largest absolute Gasteiger partial charge is 0.330 e. The lowest BCUT2D eigenvalue weighted by Gasteiger charge is -2.22. The molecule has 1 heterocycles. The smallest absolute Gasteiger partial charge is 0.0248 e. The summed E-state index contributed by atoms with van der Waals surface area (Å²) in [5, 5.41) is 0. The summed E-state index contributed by atoms with van der Waals surface area (Å²) in [5.74, 6) is 0. The van der Waals surface area contributed by atoms with Gasteiger partial charge in [-0.25, -0.2) is 0 Å². The summed E-state index contributed by atoms with van der Waals surface area (Å²) in [4.78, 5) is 5.33. The first-order valence-corrected chi connectivity index (χ1v) is 8.03. The van der Waals surface area contributed by atoms with Crippen molar-refractivity contribution in [1.29, 1.82) is 0 Å². The van der Waals surface area contributed by atoms with Crippen molar-refractivity contribution >= 4 is 11.3 Å². The monoisotopic (exact) mass is 288 g/mol. The zero-order chi connectivity index (χ0) is 14.4. The molecule has 0 spiro atoms. The average Bonchev–Trinajstić information content (AvgIpc) is 2.75. The first-order valence-electron chi connectivity index (χ1n) is 7.21. The molecule has 20 heavy (non-hydrogen) atoms. The summed E-state index contributed by atoms with van der Waals surface area (Å²) in [6.45, 7) is 8.23. The van der Waals surface area contributed by atoms with E-state index in [1.165, 1.54) is 20.9 Å². The molecule has 0 saturated carbocycles. The van der Waals surface area contributed by atoms with Crippen LogP contribution < -0.4 is 5.73 Å². The molecule has 0 saturated heterocycles. The van der Waals surface area contributed by atoms with Gasteiger partial charge in [0.05, 0.1) is 0 Å². The molecule has 1 aromatic carbocycles. The minimum absolute atomic E-state index is 0.757. The summed E-state index contributed by atoms with van der Waals surface area (Å²) in [5.41, 5.74) is 8.50. The Kier molecular flexibility index (Phi) is 5.77. The summed E-state index contributed by atoms with van der Waals surface area (Å²) in [6, 6.07) is 13.0. The highest BCUT2D eigenvalue weighted by Crippen LogP contribution is 2.22. The number of hydrogen-bond acceptors (Lipinski definition) is 3. The number of rotatable bonds is 7. The quantitative estimate of drug-likeness (QED) is 0.841. The second-order valence-corrected chi connectivity index (χ2v) is 6.74. The van der Waals surface area contributed by atoms with Gasteiger partial charge in [0, 0.05) is 29.4 Å². The Labute approximate surface area is 126 Å². The van der Waals surface area contributed by atoms with Gasteiger partial charge in [0.25, 0.3) is 0 Å². The van der Waals surface area contributed by atoms with E-state index in [0.29, 0.717) is 0 Å². The van der Waals surface area contributed by atoms with Crippen LogP contribution in [0.3, 0.4) is 0 Å². The van der Waals surface area contributed by atoms with Crippen LogP contribution in [0.15, 0.2) is 36.4 Å². The second-order valence-electron chi connectivity index (χ2n) is 5.28. The minimum atomic E-state index is 0.757. The molecule has 0 atom stereocenters. The molecule has 0 aliphatic carbocycles. The van der Waals surface area contributed by atoms with Gasteiger partial charge in [-0.05, 0) is 44.0 Å². The van der Waals surface area contributed by atoms with E-state index < -0.39 is 0 Å². The third-order valence-corrected chi connectivity index (χ3v) is 4.47. The van der Waals surface area contributed by atoms with Crippen molar-refractivity contribution < 1.29 is 0 Å². The maximum absolute atomic E-state index is 5.67. The Balaban J connectivity index is 2.05. The number of nitrogens with zero attached hydrogens (tertiary/aromatic N) is 1. The van der Waals surface area contributed by atoms with Crippen molar-refractivity contribution in [3.05, 3.63) is 57.3 Å². The van der Waals surface area contributed by atoms with Crippen molar-refractivity contribution in [3.8, 4) is 0 Å². The minimum Gasteiger partial charge on any atom is -0.330 e. The van der Waals surface area contributed by atoms with Crippen molar-refractivity contribution in [2.75, 3.05) is 13.1 Å². The molecule has 2 aromatic rings. The lowest BCUT2D eigenvalue weighted by atomic mass is 10.1. The van der Waals surface area contributed by atoms with Gasteiger partial charge in [0.1, 0.15) is 0 Å². The van der Waals surface area contributed by atoms with Crippen molar-refractivity contribution in [2.24, 2.45) is 5.73 Å². The maximum atomic E-state index is 5.67. The summed E-state index contributed by atoms with van der Waals surface area (Å²) in [6.07, 6.45) is 1.05. The standard InChI is InChI=1S/C17H24N2S/c1-14-11-17(15(2)20-14)13-19(10-6-9-18)12-16-7-4-3-5-8-16/h3-5,7-8,11H,6,9-10,12-13,18H2,1-2H3. The van der Waals surface area contributed by atoms with E-state index >= 15 is 0 Å². The Bertz CT molecular complexity index is 519. The molecule has 108 valence electrons. The lowest BCUT2D eigenvalue weighted by molar-refractivity contribution is 0.255. The van der Waals surface area contributed by atoms with E-state index in [-0.39, 0.29) is 0 Å². The second kappa shape index (κ2) is 7.58. The SMILES string of the molecule is Cc1cc(CN(CCCN)Cc2ccccc2)c(C)s1. The molecule has 0 radical (unpaired) electrons. The van der Waals surface area contributed by atoms with Crippen molar-refractivity contribution in [3.63, 3.8) is 0 Å². The van der Waals surface area contributed by atoms with Gasteiger partial charge in [0.2, 0.25) is 0 Å². The van der Waals surface area contributed by atoms with Gasteiger partial charge in [-0.1, -0.05) is 30.3 Å². The molecule has 2 rings (SSSR count). The lowest BCUT2D eigenvalue weighted by Crippen LogP contribution is -2.25. The molecule has 2 N–H and O–H groups in total. The van der Waals surface area contributed by atoms with Crippen LogP contribution in [0.4, 0.5) is 0 Å². The Hall–Kier alpha value is -1.16. The van der Waals surface area contributed by atoms with Gasteiger partial charge in [-0.2, -0.15) is 0 Å².